The maximum absolute atomic E-state index is 12.4. The second kappa shape index (κ2) is 13.8. The van der Waals surface area contributed by atoms with Gasteiger partial charge < -0.3 is 24.7 Å². The number of phosphoric ester groups is 1. The van der Waals surface area contributed by atoms with Crippen molar-refractivity contribution in [1.82, 2.24) is 0 Å². The van der Waals surface area contributed by atoms with Crippen molar-refractivity contribution in [3.8, 4) is 0 Å². The van der Waals surface area contributed by atoms with Gasteiger partial charge in [-0.25, -0.2) is 4.57 Å². The van der Waals surface area contributed by atoms with E-state index in [9.17, 15) is 33.6 Å². The van der Waals surface area contributed by atoms with Crippen LogP contribution in [0.4, 0.5) is 0 Å². The number of allylic oxidation sites excluding steroid dienone is 2. The Morgan fingerprint density at radius 1 is 1.19 bits per heavy atom. The van der Waals surface area contributed by atoms with E-state index >= 15 is 0 Å². The van der Waals surface area contributed by atoms with Crippen LogP contribution >= 0.6 is 7.82 Å². The number of aliphatic hydroxyl groups excluding tert-OH is 2. The van der Waals surface area contributed by atoms with Crippen LogP contribution in [0.15, 0.2) is 59.5 Å². The SMILES string of the molecule is O=C(CCCC=CC[C@@H]1C(C=C[C@@H](O)CS(=O)c2ccccc2)[C@H](O)C[C@@H]1OP(=O)(O)O)OC1CC1. The summed E-state index contributed by atoms with van der Waals surface area (Å²) in [6.07, 6.45) is 8.02. The summed E-state index contributed by atoms with van der Waals surface area (Å²) in [7, 11) is -6.17. The van der Waals surface area contributed by atoms with Gasteiger partial charge in [0.05, 0.1) is 34.9 Å². The minimum absolute atomic E-state index is 0.0144. The van der Waals surface area contributed by atoms with Gasteiger partial charge in [0.15, 0.2) is 0 Å². The molecule has 2 aliphatic carbocycles. The first-order valence-electron chi connectivity index (χ1n) is 12.2. The Labute approximate surface area is 213 Å². The molecule has 200 valence electrons. The summed E-state index contributed by atoms with van der Waals surface area (Å²) in [5.41, 5.74) is 0. The lowest BCUT2D eigenvalue weighted by molar-refractivity contribution is -0.144. The molecule has 0 saturated heterocycles. The molecule has 1 aromatic carbocycles. The number of benzene rings is 1. The van der Waals surface area contributed by atoms with Crippen LogP contribution in [0.2, 0.25) is 0 Å². The number of hydrogen-bond donors (Lipinski definition) is 4. The number of esters is 1. The third-order valence-electron chi connectivity index (χ3n) is 6.20. The van der Waals surface area contributed by atoms with Crippen molar-refractivity contribution >= 4 is 24.6 Å². The summed E-state index contributed by atoms with van der Waals surface area (Å²) in [5, 5.41) is 21.0. The summed E-state index contributed by atoms with van der Waals surface area (Å²) >= 11 is 0. The molecule has 2 aliphatic rings. The smallest absolute Gasteiger partial charge is 0.462 e. The van der Waals surface area contributed by atoms with Crippen molar-refractivity contribution in [3.05, 3.63) is 54.6 Å². The number of hydrogen-bond acceptors (Lipinski definition) is 7. The predicted molar refractivity (Wildman–Crippen MR) is 134 cm³/mol. The van der Waals surface area contributed by atoms with Gasteiger partial charge in [-0.15, -0.1) is 0 Å². The van der Waals surface area contributed by atoms with Gasteiger partial charge in [0, 0.05) is 23.7 Å². The fourth-order valence-corrected chi connectivity index (χ4v) is 5.95. The Morgan fingerprint density at radius 2 is 1.92 bits per heavy atom. The third kappa shape index (κ3) is 10.0. The fourth-order valence-electron chi connectivity index (χ4n) is 4.28. The zero-order valence-corrected chi connectivity index (χ0v) is 21.7. The van der Waals surface area contributed by atoms with Crippen LogP contribution in [-0.4, -0.2) is 60.3 Å². The highest BCUT2D eigenvalue weighted by atomic mass is 32.2. The van der Waals surface area contributed by atoms with Crippen LogP contribution in [0.25, 0.3) is 0 Å². The Kier molecular flexibility index (Phi) is 11.1. The Balaban J connectivity index is 1.55. The van der Waals surface area contributed by atoms with Crippen LogP contribution in [0.1, 0.15) is 44.9 Å². The molecule has 2 unspecified atom stereocenters. The van der Waals surface area contributed by atoms with E-state index in [1.54, 1.807) is 30.3 Å². The van der Waals surface area contributed by atoms with Crippen LogP contribution in [-0.2, 0) is 29.4 Å². The molecule has 0 aromatic heterocycles. The highest BCUT2D eigenvalue weighted by Gasteiger charge is 2.43. The van der Waals surface area contributed by atoms with Gasteiger partial charge in [0.25, 0.3) is 0 Å². The molecule has 1 aromatic rings. The summed E-state index contributed by atoms with van der Waals surface area (Å²) in [6.45, 7) is 0. The lowest BCUT2D eigenvalue weighted by Crippen LogP contribution is -2.22. The minimum Gasteiger partial charge on any atom is -0.462 e. The van der Waals surface area contributed by atoms with Gasteiger partial charge in [-0.2, -0.15) is 0 Å². The topological polar surface area (TPSA) is 151 Å². The van der Waals surface area contributed by atoms with Gasteiger partial charge in [-0.1, -0.05) is 42.5 Å². The number of aliphatic hydroxyl groups is 2. The minimum atomic E-state index is -4.76. The monoisotopic (exact) mass is 542 g/mol. The van der Waals surface area contributed by atoms with Gasteiger partial charge >= 0.3 is 13.8 Å². The van der Waals surface area contributed by atoms with E-state index in [4.69, 9.17) is 9.26 Å². The molecular weight excluding hydrogens is 507 g/mol. The molecule has 6 atom stereocenters. The molecule has 0 bridgehead atoms. The zero-order valence-electron chi connectivity index (χ0n) is 20.0. The molecule has 2 fully saturated rings. The van der Waals surface area contributed by atoms with Gasteiger partial charge in [0.2, 0.25) is 0 Å². The van der Waals surface area contributed by atoms with E-state index < -0.39 is 48.8 Å². The zero-order chi connectivity index (χ0) is 26.1. The van der Waals surface area contributed by atoms with Crippen LogP contribution < -0.4 is 0 Å². The summed E-state index contributed by atoms with van der Waals surface area (Å²) in [5.74, 6) is -1.16. The average Bonchev–Trinajstić information content (AvgIpc) is 3.57. The molecule has 0 amide bonds. The maximum Gasteiger partial charge on any atom is 0.469 e. The van der Waals surface area contributed by atoms with Gasteiger partial charge in [-0.05, 0) is 50.2 Å². The summed E-state index contributed by atoms with van der Waals surface area (Å²) < 4.78 is 34.1. The Hall–Kier alpha value is -1.65. The van der Waals surface area contributed by atoms with Crippen molar-refractivity contribution in [3.63, 3.8) is 0 Å². The molecule has 11 heteroatoms. The quantitative estimate of drug-likeness (QED) is 0.120. The van der Waals surface area contributed by atoms with Crippen molar-refractivity contribution < 1.29 is 42.8 Å². The Bertz CT molecular complexity index is 973. The molecule has 0 aliphatic heterocycles. The number of carbonyl (C=O) groups is 1. The van der Waals surface area contributed by atoms with E-state index in [-0.39, 0.29) is 24.2 Å². The normalized spacial score (nSPS) is 26.4. The number of carbonyl (C=O) groups excluding carboxylic acids is 1. The van der Waals surface area contributed by atoms with Crippen molar-refractivity contribution in [1.29, 1.82) is 0 Å². The standard InChI is InChI=1S/C25H35O9PS/c26-18(17-36(32)20-8-4-3-5-9-20)12-15-21-22(24(16-23(21)27)34-35(29,30)31)10-6-1-2-7-11-25(28)33-19-13-14-19/h1,3-6,8-9,12,15,18-19,21-24,26-27H,2,7,10-11,13-14,16-17H2,(H2,29,30,31)/t18-,21?,22-,23-,24+,36?/m1/s1. The van der Waals surface area contributed by atoms with Crippen molar-refractivity contribution in [2.24, 2.45) is 11.8 Å². The van der Waals surface area contributed by atoms with E-state index in [0.717, 1.165) is 12.8 Å². The molecule has 36 heavy (non-hydrogen) atoms. The van der Waals surface area contributed by atoms with Crippen molar-refractivity contribution in [2.45, 2.75) is 74.3 Å². The molecule has 0 radical (unpaired) electrons. The van der Waals surface area contributed by atoms with E-state index in [1.807, 2.05) is 18.2 Å². The summed E-state index contributed by atoms with van der Waals surface area (Å²) in [6, 6.07) is 8.78. The first-order chi connectivity index (χ1) is 17.1. The number of rotatable bonds is 14. The first-order valence-corrected chi connectivity index (χ1v) is 15.0. The van der Waals surface area contributed by atoms with Gasteiger partial charge in [-0.3, -0.25) is 13.5 Å². The molecule has 0 spiro atoms. The third-order valence-corrected chi connectivity index (χ3v) is 8.18. The highest BCUT2D eigenvalue weighted by molar-refractivity contribution is 7.85. The number of unbranched alkanes of at least 4 members (excludes halogenated alkanes) is 1. The first kappa shape index (κ1) is 28.9. The lowest BCUT2D eigenvalue weighted by atomic mass is 9.89. The van der Waals surface area contributed by atoms with E-state index in [2.05, 4.69) is 0 Å². The van der Waals surface area contributed by atoms with Crippen LogP contribution in [0.5, 0.6) is 0 Å². The highest BCUT2D eigenvalue weighted by Crippen LogP contribution is 2.47. The fraction of sp³-hybridized carbons (Fsp3) is 0.560. The number of phosphoric acid groups is 1. The van der Waals surface area contributed by atoms with Crippen LogP contribution in [0, 0.1) is 11.8 Å². The largest absolute Gasteiger partial charge is 0.469 e. The van der Waals surface area contributed by atoms with Gasteiger partial charge in [0.1, 0.15) is 6.10 Å². The second-order valence-corrected chi connectivity index (χ2v) is 11.9. The van der Waals surface area contributed by atoms with E-state index in [1.165, 1.54) is 6.08 Å². The molecule has 2 saturated carbocycles. The molecule has 4 N–H and O–H groups in total. The molecule has 9 nitrogen and oxygen atoms in total. The Morgan fingerprint density at radius 3 is 2.58 bits per heavy atom. The van der Waals surface area contributed by atoms with E-state index in [0.29, 0.717) is 30.6 Å². The van der Waals surface area contributed by atoms with Crippen LogP contribution in [0.3, 0.4) is 0 Å². The molecular formula is C25H35O9PS. The maximum atomic E-state index is 12.4. The number of ether oxygens (including phenoxy) is 1. The molecule has 0 heterocycles. The molecule has 3 rings (SSSR count). The second-order valence-electron chi connectivity index (χ2n) is 9.24. The van der Waals surface area contributed by atoms with Crippen molar-refractivity contribution in [2.75, 3.05) is 5.75 Å². The summed E-state index contributed by atoms with van der Waals surface area (Å²) in [4.78, 5) is 30.9. The average molecular weight is 543 g/mol. The predicted octanol–water partition coefficient (Wildman–Crippen LogP) is 3.01. The lowest BCUT2D eigenvalue weighted by Gasteiger charge is -2.23.